The molecule has 6 nitrogen and oxygen atoms in total. The number of piperidine rings is 1. The maximum atomic E-state index is 12.2. The second-order valence-corrected chi connectivity index (χ2v) is 5.44. The summed E-state index contributed by atoms with van der Waals surface area (Å²) >= 11 is 3.20. The van der Waals surface area contributed by atoms with Crippen LogP contribution in [0.15, 0.2) is 17.0 Å². The van der Waals surface area contributed by atoms with E-state index in [9.17, 15) is 4.79 Å². The number of likely N-dealkylation sites (tertiary alicyclic amines) is 1. The van der Waals surface area contributed by atoms with Crippen molar-refractivity contribution in [1.29, 1.82) is 0 Å². The van der Waals surface area contributed by atoms with Gasteiger partial charge < -0.3 is 14.4 Å². The fraction of sp³-hybridized carbons (Fsp3) is 0.583. The molecule has 2 fully saturated rings. The van der Waals surface area contributed by atoms with Gasteiger partial charge in [-0.2, -0.15) is 0 Å². The number of nitrogens with zero attached hydrogens (tertiary/aromatic N) is 3. The third kappa shape index (κ3) is 2.63. The van der Waals surface area contributed by atoms with E-state index in [-0.39, 0.29) is 5.91 Å². The molecule has 0 N–H and O–H groups in total. The van der Waals surface area contributed by atoms with E-state index in [1.165, 1.54) is 12.4 Å². The number of hydrogen-bond acceptors (Lipinski definition) is 5. The average molecular weight is 328 g/mol. The highest BCUT2D eigenvalue weighted by atomic mass is 79.9. The minimum atomic E-state index is -0.456. The number of carbonyl (C=O) groups is 1. The summed E-state index contributed by atoms with van der Waals surface area (Å²) in [5.41, 5.74) is 0.368. The summed E-state index contributed by atoms with van der Waals surface area (Å²) in [5, 5.41) is 0. The van der Waals surface area contributed by atoms with Crippen LogP contribution in [-0.2, 0) is 9.47 Å². The van der Waals surface area contributed by atoms with E-state index in [1.807, 2.05) is 0 Å². The normalized spacial score (nSPS) is 21.8. The molecule has 0 radical (unpaired) electrons. The first-order chi connectivity index (χ1) is 9.19. The molecule has 1 amide bonds. The quantitative estimate of drug-likeness (QED) is 0.776. The third-order valence-electron chi connectivity index (χ3n) is 3.47. The van der Waals surface area contributed by atoms with E-state index in [0.717, 1.165) is 0 Å². The molecule has 0 bridgehead atoms. The maximum Gasteiger partial charge on any atom is 0.274 e. The van der Waals surface area contributed by atoms with E-state index < -0.39 is 5.79 Å². The molecule has 3 heterocycles. The molecule has 0 atom stereocenters. The second-order valence-electron chi connectivity index (χ2n) is 4.62. The van der Waals surface area contributed by atoms with Crippen LogP contribution in [0.2, 0.25) is 0 Å². The van der Waals surface area contributed by atoms with Gasteiger partial charge in [0.2, 0.25) is 0 Å². The Bertz CT molecular complexity index is 464. The molecule has 1 aromatic rings. The van der Waals surface area contributed by atoms with E-state index in [1.54, 1.807) is 4.90 Å². The van der Waals surface area contributed by atoms with Gasteiger partial charge in [-0.3, -0.25) is 4.79 Å². The molecule has 2 saturated heterocycles. The van der Waals surface area contributed by atoms with Gasteiger partial charge in [-0.05, 0) is 15.9 Å². The Balaban J connectivity index is 1.64. The Kier molecular flexibility index (Phi) is 3.51. The molecule has 0 aliphatic carbocycles. The Morgan fingerprint density at radius 3 is 2.47 bits per heavy atom. The van der Waals surface area contributed by atoms with Crippen LogP contribution in [0.3, 0.4) is 0 Å². The van der Waals surface area contributed by atoms with Gasteiger partial charge in [-0.1, -0.05) is 0 Å². The molecule has 2 aliphatic heterocycles. The van der Waals surface area contributed by atoms with Gasteiger partial charge in [0.1, 0.15) is 10.3 Å². The number of carbonyl (C=O) groups excluding carboxylic acids is 1. The van der Waals surface area contributed by atoms with Crippen molar-refractivity contribution in [3.8, 4) is 0 Å². The van der Waals surface area contributed by atoms with Crippen LogP contribution in [-0.4, -0.2) is 52.9 Å². The van der Waals surface area contributed by atoms with Crippen molar-refractivity contribution in [3.05, 3.63) is 22.7 Å². The van der Waals surface area contributed by atoms with Gasteiger partial charge in [-0.15, -0.1) is 0 Å². The maximum absolute atomic E-state index is 12.2. The number of ether oxygens (including phenoxy) is 2. The second kappa shape index (κ2) is 5.15. The lowest BCUT2D eigenvalue weighted by Gasteiger charge is -2.37. The third-order valence-corrected chi connectivity index (χ3v) is 3.87. The van der Waals surface area contributed by atoms with Crippen molar-refractivity contribution < 1.29 is 14.3 Å². The minimum Gasteiger partial charge on any atom is -0.347 e. The van der Waals surface area contributed by atoms with Crippen LogP contribution < -0.4 is 0 Å². The van der Waals surface area contributed by atoms with Gasteiger partial charge in [0.25, 0.3) is 5.91 Å². The van der Waals surface area contributed by atoms with Crippen LogP contribution in [0.5, 0.6) is 0 Å². The fourth-order valence-corrected chi connectivity index (χ4v) is 2.63. The molecule has 0 unspecified atom stereocenters. The highest BCUT2D eigenvalue weighted by Crippen LogP contribution is 2.31. The van der Waals surface area contributed by atoms with Crippen molar-refractivity contribution in [2.75, 3.05) is 26.3 Å². The van der Waals surface area contributed by atoms with E-state index in [4.69, 9.17) is 9.47 Å². The monoisotopic (exact) mass is 327 g/mol. The Morgan fingerprint density at radius 1 is 1.21 bits per heavy atom. The van der Waals surface area contributed by atoms with Crippen molar-refractivity contribution in [3.63, 3.8) is 0 Å². The van der Waals surface area contributed by atoms with Crippen molar-refractivity contribution >= 4 is 21.8 Å². The molecular weight excluding hydrogens is 314 g/mol. The Morgan fingerprint density at radius 2 is 1.89 bits per heavy atom. The van der Waals surface area contributed by atoms with Gasteiger partial charge >= 0.3 is 0 Å². The summed E-state index contributed by atoms with van der Waals surface area (Å²) in [6.45, 7) is 2.53. The number of hydrogen-bond donors (Lipinski definition) is 0. The molecule has 2 aliphatic rings. The summed E-state index contributed by atoms with van der Waals surface area (Å²) < 4.78 is 11.9. The van der Waals surface area contributed by atoms with Crippen LogP contribution in [0.1, 0.15) is 23.3 Å². The first kappa shape index (κ1) is 13.0. The molecule has 1 spiro atoms. The summed E-state index contributed by atoms with van der Waals surface area (Å²) in [5.74, 6) is -0.546. The SMILES string of the molecule is O=C(c1cnc(Br)cn1)N1CCC2(CC1)OCCO2. The smallest absolute Gasteiger partial charge is 0.274 e. The largest absolute Gasteiger partial charge is 0.347 e. The van der Waals surface area contributed by atoms with Gasteiger partial charge in [-0.25, -0.2) is 9.97 Å². The van der Waals surface area contributed by atoms with E-state index in [0.29, 0.717) is 49.4 Å². The standard InChI is InChI=1S/C12H14BrN3O3/c13-10-8-14-9(7-15-10)11(17)16-3-1-12(2-4-16)18-5-6-19-12/h7-8H,1-6H2. The van der Waals surface area contributed by atoms with Crippen LogP contribution >= 0.6 is 15.9 Å². The van der Waals surface area contributed by atoms with E-state index in [2.05, 4.69) is 25.9 Å². The molecule has 0 aromatic carbocycles. The Labute approximate surface area is 119 Å². The highest BCUT2D eigenvalue weighted by Gasteiger charge is 2.41. The molecule has 3 rings (SSSR count). The van der Waals surface area contributed by atoms with E-state index >= 15 is 0 Å². The number of halogens is 1. The highest BCUT2D eigenvalue weighted by molar-refractivity contribution is 9.10. The summed E-state index contributed by atoms with van der Waals surface area (Å²) in [6, 6.07) is 0. The molecule has 7 heteroatoms. The predicted octanol–water partition coefficient (Wildman–Crippen LogP) is 1.22. The lowest BCUT2D eigenvalue weighted by atomic mass is 10.0. The van der Waals surface area contributed by atoms with Gasteiger partial charge in [0.05, 0.1) is 25.6 Å². The number of amides is 1. The lowest BCUT2D eigenvalue weighted by Crippen LogP contribution is -2.47. The lowest BCUT2D eigenvalue weighted by molar-refractivity contribution is -0.181. The zero-order valence-corrected chi connectivity index (χ0v) is 11.9. The summed E-state index contributed by atoms with van der Waals surface area (Å²) in [7, 11) is 0. The van der Waals surface area contributed by atoms with Gasteiger partial charge in [0, 0.05) is 25.9 Å². The fourth-order valence-electron chi connectivity index (χ4n) is 2.42. The molecule has 0 saturated carbocycles. The van der Waals surface area contributed by atoms with Crippen molar-refractivity contribution in [2.24, 2.45) is 0 Å². The summed E-state index contributed by atoms with van der Waals surface area (Å²) in [4.78, 5) is 22.1. The molecule has 19 heavy (non-hydrogen) atoms. The Hall–Kier alpha value is -1.05. The minimum absolute atomic E-state index is 0.0900. The van der Waals surface area contributed by atoms with Gasteiger partial charge in [0.15, 0.2) is 5.79 Å². The number of aromatic nitrogens is 2. The predicted molar refractivity (Wildman–Crippen MR) is 69.5 cm³/mol. The first-order valence-electron chi connectivity index (χ1n) is 6.23. The topological polar surface area (TPSA) is 64.6 Å². The van der Waals surface area contributed by atoms with Crippen LogP contribution in [0.4, 0.5) is 0 Å². The van der Waals surface area contributed by atoms with Crippen molar-refractivity contribution in [2.45, 2.75) is 18.6 Å². The first-order valence-corrected chi connectivity index (χ1v) is 7.03. The zero-order valence-electron chi connectivity index (χ0n) is 10.3. The summed E-state index contributed by atoms with van der Waals surface area (Å²) in [6.07, 6.45) is 4.44. The number of rotatable bonds is 1. The van der Waals surface area contributed by atoms with Crippen LogP contribution in [0.25, 0.3) is 0 Å². The van der Waals surface area contributed by atoms with Crippen LogP contribution in [0, 0.1) is 0 Å². The average Bonchev–Trinajstić information content (AvgIpc) is 2.88. The van der Waals surface area contributed by atoms with Crippen molar-refractivity contribution in [1.82, 2.24) is 14.9 Å². The molecule has 1 aromatic heterocycles. The zero-order chi connectivity index (χ0) is 13.3. The molecular formula is C12H14BrN3O3. The molecule has 102 valence electrons.